The summed E-state index contributed by atoms with van der Waals surface area (Å²) in [7, 11) is 0. The second kappa shape index (κ2) is 5.29. The number of amidine groups is 1. The lowest BCUT2D eigenvalue weighted by Gasteiger charge is -2.42. The highest BCUT2D eigenvalue weighted by Crippen LogP contribution is 2.40. The number of nitrogens with one attached hydrogen (secondary N) is 2. The Morgan fingerprint density at radius 3 is 2.56 bits per heavy atom. The molecule has 2 N–H and O–H groups in total. The van der Waals surface area contributed by atoms with Crippen molar-refractivity contribution in [1.29, 1.82) is 5.41 Å². The van der Waals surface area contributed by atoms with Crippen LogP contribution in [0, 0.1) is 11.3 Å². The van der Waals surface area contributed by atoms with E-state index in [0.29, 0.717) is 5.84 Å². The fraction of sp³-hybridized carbons (Fsp3) is 0.857. The average molecular weight is 251 g/mol. The van der Waals surface area contributed by atoms with E-state index in [1.165, 1.54) is 12.8 Å². The van der Waals surface area contributed by atoms with Crippen molar-refractivity contribution >= 4 is 11.9 Å². The molecule has 1 saturated heterocycles. The van der Waals surface area contributed by atoms with Crippen molar-refractivity contribution in [3.63, 3.8) is 0 Å². The van der Waals surface area contributed by atoms with Crippen LogP contribution >= 0.6 is 0 Å². The molecule has 0 radical (unpaired) electrons. The molecule has 0 aromatic rings. The minimum absolute atomic E-state index is 0.0595. The molecule has 2 rings (SSSR count). The van der Waals surface area contributed by atoms with E-state index in [-0.39, 0.29) is 11.6 Å². The third kappa shape index (κ3) is 2.13. The van der Waals surface area contributed by atoms with E-state index in [0.717, 1.165) is 44.6 Å². The zero-order valence-electron chi connectivity index (χ0n) is 11.6. The first-order valence-corrected chi connectivity index (χ1v) is 7.31. The third-order valence-electron chi connectivity index (χ3n) is 4.54. The van der Waals surface area contributed by atoms with Gasteiger partial charge in [0.1, 0.15) is 11.4 Å². The van der Waals surface area contributed by atoms with Crippen molar-refractivity contribution in [2.24, 2.45) is 5.92 Å². The van der Waals surface area contributed by atoms with Crippen LogP contribution in [0.5, 0.6) is 0 Å². The van der Waals surface area contributed by atoms with Crippen LogP contribution in [0.25, 0.3) is 0 Å². The Kier molecular flexibility index (Phi) is 3.93. The normalized spacial score (nSPS) is 32.1. The molecule has 18 heavy (non-hydrogen) atoms. The minimum atomic E-state index is -0.294. The number of rotatable bonds is 4. The number of nitrogens with zero attached hydrogens (tertiary/aromatic N) is 1. The Morgan fingerprint density at radius 1 is 1.33 bits per heavy atom. The van der Waals surface area contributed by atoms with Crippen LogP contribution in [0.15, 0.2) is 0 Å². The van der Waals surface area contributed by atoms with Gasteiger partial charge in [0.05, 0.1) is 0 Å². The van der Waals surface area contributed by atoms with Crippen LogP contribution in [-0.2, 0) is 0 Å². The van der Waals surface area contributed by atoms with Gasteiger partial charge in [0.15, 0.2) is 0 Å². The van der Waals surface area contributed by atoms with E-state index in [4.69, 9.17) is 5.41 Å². The lowest BCUT2D eigenvalue weighted by Crippen LogP contribution is -2.52. The summed E-state index contributed by atoms with van der Waals surface area (Å²) < 4.78 is 0. The van der Waals surface area contributed by atoms with Crippen LogP contribution in [-0.4, -0.2) is 28.9 Å². The van der Waals surface area contributed by atoms with Crippen LogP contribution in [0.1, 0.15) is 58.8 Å². The highest BCUT2D eigenvalue weighted by atomic mass is 16.2. The highest BCUT2D eigenvalue weighted by Gasteiger charge is 2.50. The van der Waals surface area contributed by atoms with Crippen molar-refractivity contribution in [2.75, 3.05) is 6.54 Å². The maximum Gasteiger partial charge on any atom is 0.323 e. The molecule has 1 aliphatic heterocycles. The molecule has 4 nitrogen and oxygen atoms in total. The summed E-state index contributed by atoms with van der Waals surface area (Å²) >= 11 is 0. The minimum Gasteiger partial charge on any atom is -0.312 e. The molecule has 1 heterocycles. The fourth-order valence-corrected chi connectivity index (χ4v) is 3.53. The monoisotopic (exact) mass is 251 g/mol. The number of urea groups is 1. The first-order chi connectivity index (χ1) is 8.64. The van der Waals surface area contributed by atoms with Gasteiger partial charge in [0.25, 0.3) is 0 Å². The standard InChI is InChI=1S/C14H25N3O/c1-3-5-11-6-8-14(9-7-11)12(15)16-13(18)17(14)10-4-2/h11H,3-10H2,1-2H3,(H2,15,16,18). The van der Waals surface area contributed by atoms with Gasteiger partial charge >= 0.3 is 6.03 Å². The van der Waals surface area contributed by atoms with Gasteiger partial charge in [0.2, 0.25) is 0 Å². The summed E-state index contributed by atoms with van der Waals surface area (Å²) in [6, 6.07) is -0.0595. The second-order valence-corrected chi connectivity index (χ2v) is 5.72. The Bertz CT molecular complexity index is 332. The van der Waals surface area contributed by atoms with Crippen molar-refractivity contribution in [1.82, 2.24) is 10.2 Å². The Morgan fingerprint density at radius 2 is 2.00 bits per heavy atom. The van der Waals surface area contributed by atoms with Gasteiger partial charge in [-0.25, -0.2) is 4.79 Å². The molecule has 4 heteroatoms. The van der Waals surface area contributed by atoms with E-state index in [9.17, 15) is 4.79 Å². The Labute approximate surface area is 110 Å². The van der Waals surface area contributed by atoms with Crippen LogP contribution in [0.2, 0.25) is 0 Å². The Balaban J connectivity index is 2.09. The van der Waals surface area contributed by atoms with Gasteiger partial charge in [0, 0.05) is 6.54 Å². The summed E-state index contributed by atoms with van der Waals surface area (Å²) in [5.74, 6) is 1.24. The van der Waals surface area contributed by atoms with E-state index in [2.05, 4.69) is 19.2 Å². The molecule has 1 spiro atoms. The van der Waals surface area contributed by atoms with Crippen molar-refractivity contribution < 1.29 is 4.79 Å². The summed E-state index contributed by atoms with van der Waals surface area (Å²) in [6.45, 7) is 5.09. The molecule has 1 aliphatic carbocycles. The number of hydrogen-bond acceptors (Lipinski definition) is 2. The summed E-state index contributed by atoms with van der Waals surface area (Å²) in [5.41, 5.74) is -0.294. The summed E-state index contributed by atoms with van der Waals surface area (Å²) in [4.78, 5) is 13.8. The van der Waals surface area contributed by atoms with Crippen LogP contribution in [0.3, 0.4) is 0 Å². The first kappa shape index (κ1) is 13.4. The maximum atomic E-state index is 11.9. The van der Waals surface area contributed by atoms with E-state index in [1.807, 2.05) is 4.90 Å². The van der Waals surface area contributed by atoms with Crippen molar-refractivity contribution in [3.8, 4) is 0 Å². The van der Waals surface area contributed by atoms with Gasteiger partial charge in [-0.05, 0) is 38.0 Å². The number of carbonyl (C=O) groups is 1. The summed E-state index contributed by atoms with van der Waals surface area (Å²) in [6.07, 6.45) is 7.74. The largest absolute Gasteiger partial charge is 0.323 e. The second-order valence-electron chi connectivity index (χ2n) is 5.72. The molecule has 102 valence electrons. The summed E-state index contributed by atoms with van der Waals surface area (Å²) in [5, 5.41) is 10.9. The lowest BCUT2D eigenvalue weighted by molar-refractivity contribution is 0.126. The van der Waals surface area contributed by atoms with Crippen molar-refractivity contribution in [2.45, 2.75) is 64.3 Å². The molecule has 0 aromatic carbocycles. The smallest absolute Gasteiger partial charge is 0.312 e. The van der Waals surface area contributed by atoms with E-state index in [1.54, 1.807) is 0 Å². The van der Waals surface area contributed by atoms with E-state index < -0.39 is 0 Å². The quantitative estimate of drug-likeness (QED) is 0.792. The molecule has 0 atom stereocenters. The molecule has 0 bridgehead atoms. The van der Waals surface area contributed by atoms with Crippen LogP contribution < -0.4 is 5.32 Å². The van der Waals surface area contributed by atoms with E-state index >= 15 is 0 Å². The van der Waals surface area contributed by atoms with Gasteiger partial charge in [-0.1, -0.05) is 26.7 Å². The topological polar surface area (TPSA) is 56.2 Å². The van der Waals surface area contributed by atoms with Crippen molar-refractivity contribution in [3.05, 3.63) is 0 Å². The molecular weight excluding hydrogens is 226 g/mol. The third-order valence-corrected chi connectivity index (χ3v) is 4.54. The molecule has 0 aromatic heterocycles. The van der Waals surface area contributed by atoms with Gasteiger partial charge in [-0.3, -0.25) is 10.7 Å². The SMILES string of the molecule is CCCC1CCC2(CC1)C(=N)NC(=O)N2CCC. The predicted molar refractivity (Wildman–Crippen MR) is 72.9 cm³/mol. The van der Waals surface area contributed by atoms with Gasteiger partial charge in [-0.15, -0.1) is 0 Å². The van der Waals surface area contributed by atoms with Gasteiger partial charge in [-0.2, -0.15) is 0 Å². The van der Waals surface area contributed by atoms with Crippen LogP contribution in [0.4, 0.5) is 4.79 Å². The predicted octanol–water partition coefficient (Wildman–Crippen LogP) is 3.13. The molecule has 2 fully saturated rings. The Hall–Kier alpha value is -1.06. The number of carbonyl (C=O) groups excluding carboxylic acids is 1. The average Bonchev–Trinajstić information content (AvgIpc) is 2.58. The lowest BCUT2D eigenvalue weighted by atomic mass is 9.74. The molecule has 2 amide bonds. The maximum absolute atomic E-state index is 11.9. The highest BCUT2D eigenvalue weighted by molar-refractivity contribution is 6.08. The number of hydrogen-bond donors (Lipinski definition) is 2. The van der Waals surface area contributed by atoms with Gasteiger partial charge < -0.3 is 4.90 Å². The zero-order chi connectivity index (χ0) is 13.2. The first-order valence-electron chi connectivity index (χ1n) is 7.31. The number of amides is 2. The zero-order valence-corrected chi connectivity index (χ0v) is 11.6. The molecule has 0 unspecified atom stereocenters. The fourth-order valence-electron chi connectivity index (χ4n) is 3.53. The molecule has 1 saturated carbocycles. The molecule has 2 aliphatic rings. The molecular formula is C14H25N3O.